The van der Waals surface area contributed by atoms with Gasteiger partial charge in [0.05, 0.1) is 6.21 Å². The van der Waals surface area contributed by atoms with Gasteiger partial charge in [-0.3, -0.25) is 0 Å². The highest BCUT2D eigenvalue weighted by atomic mass is 16.3. The van der Waals surface area contributed by atoms with E-state index in [-0.39, 0.29) is 0 Å². The zero-order valence-electron chi connectivity index (χ0n) is 8.47. The van der Waals surface area contributed by atoms with Gasteiger partial charge in [0.2, 0.25) is 0 Å². The summed E-state index contributed by atoms with van der Waals surface area (Å²) >= 11 is 0. The van der Waals surface area contributed by atoms with Crippen molar-refractivity contribution in [2.24, 2.45) is 10.9 Å². The van der Waals surface area contributed by atoms with Gasteiger partial charge in [-0.25, -0.2) is 0 Å². The van der Waals surface area contributed by atoms with Crippen LogP contribution < -0.4 is 5.84 Å². The number of hydrogen-bond donors (Lipinski definition) is 1. The van der Waals surface area contributed by atoms with Crippen LogP contribution in [-0.2, 0) is 0 Å². The number of benzene rings is 1. The third-order valence-corrected chi connectivity index (χ3v) is 2.16. The van der Waals surface area contributed by atoms with Crippen LogP contribution >= 0.6 is 0 Å². The Kier molecular flexibility index (Phi) is 2.54. The van der Waals surface area contributed by atoms with E-state index >= 15 is 0 Å². The molecule has 0 atom stereocenters. The number of nitrogens with two attached hydrogens (primary N) is 1. The Bertz CT molecular complexity index is 469. The molecule has 0 unspecified atom stereocenters. The molecule has 0 radical (unpaired) electrons. The van der Waals surface area contributed by atoms with Crippen molar-refractivity contribution in [3.63, 3.8) is 0 Å². The lowest BCUT2D eigenvalue weighted by Crippen LogP contribution is -1.85. The number of hydrazone groups is 1. The molecular weight excluding hydrogens is 188 g/mol. The molecule has 0 saturated heterocycles. The van der Waals surface area contributed by atoms with Crippen LogP contribution in [-0.4, -0.2) is 6.21 Å². The Balaban J connectivity index is 2.31. The molecule has 2 aromatic rings. The van der Waals surface area contributed by atoms with Gasteiger partial charge >= 0.3 is 0 Å². The van der Waals surface area contributed by atoms with Gasteiger partial charge in [-0.05, 0) is 24.6 Å². The molecule has 0 aliphatic heterocycles. The lowest BCUT2D eigenvalue weighted by Gasteiger charge is -1.97. The minimum absolute atomic E-state index is 0.878. The van der Waals surface area contributed by atoms with Crippen molar-refractivity contribution in [3.8, 4) is 11.3 Å². The molecule has 3 heteroatoms. The highest BCUT2D eigenvalue weighted by Gasteiger charge is 2.01. The molecule has 0 aliphatic rings. The Hall–Kier alpha value is -2.03. The number of nitrogens with zero attached hydrogens (tertiary/aromatic N) is 1. The molecular formula is C12H12N2O. The quantitative estimate of drug-likeness (QED) is 0.460. The first kappa shape index (κ1) is 9.52. The van der Waals surface area contributed by atoms with Crippen LogP contribution in [0.5, 0.6) is 0 Å². The summed E-state index contributed by atoms with van der Waals surface area (Å²) in [5, 5.41) is 3.46. The third-order valence-electron chi connectivity index (χ3n) is 2.16. The average molecular weight is 200 g/mol. The lowest BCUT2D eigenvalue weighted by atomic mass is 10.1. The van der Waals surface area contributed by atoms with Crippen molar-refractivity contribution in [1.82, 2.24) is 0 Å². The number of rotatable bonds is 2. The Morgan fingerprint density at radius 1 is 1.13 bits per heavy atom. The van der Waals surface area contributed by atoms with Crippen LogP contribution in [0.3, 0.4) is 0 Å². The minimum Gasteiger partial charge on any atom is -0.461 e. The maximum Gasteiger partial charge on any atom is 0.134 e. The zero-order chi connectivity index (χ0) is 10.7. The Morgan fingerprint density at radius 3 is 2.40 bits per heavy atom. The average Bonchev–Trinajstić information content (AvgIpc) is 2.67. The highest BCUT2D eigenvalue weighted by molar-refractivity contribution is 5.80. The van der Waals surface area contributed by atoms with Gasteiger partial charge in [-0.15, -0.1) is 0 Å². The van der Waals surface area contributed by atoms with E-state index < -0.39 is 0 Å². The Morgan fingerprint density at radius 2 is 1.87 bits per heavy atom. The van der Waals surface area contributed by atoms with Crippen LogP contribution in [0.4, 0.5) is 0 Å². The van der Waals surface area contributed by atoms with Crippen molar-refractivity contribution < 1.29 is 4.42 Å². The number of aryl methyl sites for hydroxylation is 1. The lowest BCUT2D eigenvalue weighted by molar-refractivity contribution is 0.548. The smallest absolute Gasteiger partial charge is 0.134 e. The van der Waals surface area contributed by atoms with E-state index in [2.05, 4.69) is 5.10 Å². The first-order chi connectivity index (χ1) is 7.29. The van der Waals surface area contributed by atoms with Crippen LogP contribution in [0.25, 0.3) is 11.3 Å². The second kappa shape index (κ2) is 4.00. The summed E-state index contributed by atoms with van der Waals surface area (Å²) in [7, 11) is 0. The first-order valence-electron chi connectivity index (χ1n) is 4.70. The second-order valence-electron chi connectivity index (χ2n) is 3.31. The fourth-order valence-electron chi connectivity index (χ4n) is 1.41. The zero-order valence-corrected chi connectivity index (χ0v) is 8.47. The number of furan rings is 1. The van der Waals surface area contributed by atoms with Crippen LogP contribution in [0.2, 0.25) is 0 Å². The molecule has 1 heterocycles. The fraction of sp³-hybridized carbons (Fsp3) is 0.0833. The summed E-state index contributed by atoms with van der Waals surface area (Å²) in [4.78, 5) is 0. The largest absolute Gasteiger partial charge is 0.461 e. The van der Waals surface area contributed by atoms with Crippen molar-refractivity contribution in [1.29, 1.82) is 0 Å². The molecule has 0 amide bonds. The predicted molar refractivity (Wildman–Crippen MR) is 60.7 cm³/mol. The molecule has 0 aliphatic carbocycles. The van der Waals surface area contributed by atoms with Gasteiger partial charge in [0.1, 0.15) is 11.5 Å². The Labute approximate surface area is 88.2 Å². The summed E-state index contributed by atoms with van der Waals surface area (Å²) in [5.74, 6) is 6.86. The van der Waals surface area contributed by atoms with Gasteiger partial charge in [0, 0.05) is 5.56 Å². The van der Waals surface area contributed by atoms with Gasteiger partial charge in [0.15, 0.2) is 0 Å². The van der Waals surface area contributed by atoms with E-state index in [1.807, 2.05) is 43.3 Å². The van der Waals surface area contributed by atoms with Crippen molar-refractivity contribution >= 4 is 6.21 Å². The van der Waals surface area contributed by atoms with Crippen molar-refractivity contribution in [2.75, 3.05) is 0 Å². The molecule has 1 aromatic heterocycles. The second-order valence-corrected chi connectivity index (χ2v) is 3.31. The maximum absolute atomic E-state index is 5.51. The van der Waals surface area contributed by atoms with Gasteiger partial charge in [-0.1, -0.05) is 24.3 Å². The molecule has 76 valence electrons. The van der Waals surface area contributed by atoms with Crippen LogP contribution in [0.1, 0.15) is 11.3 Å². The van der Waals surface area contributed by atoms with E-state index in [0.29, 0.717) is 0 Å². The van der Waals surface area contributed by atoms with Crippen molar-refractivity contribution in [3.05, 3.63) is 47.7 Å². The molecule has 2 N–H and O–H groups in total. The molecule has 15 heavy (non-hydrogen) atoms. The van der Waals surface area contributed by atoms with E-state index in [1.165, 1.54) is 0 Å². The van der Waals surface area contributed by atoms with Crippen LogP contribution in [0.15, 0.2) is 45.9 Å². The van der Waals surface area contributed by atoms with E-state index in [4.69, 9.17) is 10.3 Å². The SMILES string of the molecule is Cc1ccc(-c2ccc(C=NN)cc2)o1. The fourth-order valence-corrected chi connectivity index (χ4v) is 1.41. The maximum atomic E-state index is 5.51. The molecule has 2 rings (SSSR count). The summed E-state index contributed by atoms with van der Waals surface area (Å²) < 4.78 is 5.51. The minimum atomic E-state index is 0.878. The van der Waals surface area contributed by atoms with Gasteiger partial charge < -0.3 is 10.3 Å². The topological polar surface area (TPSA) is 51.5 Å². The van der Waals surface area contributed by atoms with E-state index in [0.717, 1.165) is 22.6 Å². The predicted octanol–water partition coefficient (Wildman–Crippen LogP) is 2.55. The van der Waals surface area contributed by atoms with E-state index in [9.17, 15) is 0 Å². The molecule has 0 fully saturated rings. The summed E-state index contributed by atoms with van der Waals surface area (Å²) in [6.45, 7) is 1.93. The van der Waals surface area contributed by atoms with Crippen molar-refractivity contribution in [2.45, 2.75) is 6.92 Å². The third kappa shape index (κ3) is 2.07. The van der Waals surface area contributed by atoms with Crippen LogP contribution in [0, 0.1) is 6.92 Å². The summed E-state index contributed by atoms with van der Waals surface area (Å²) in [5.41, 5.74) is 2.03. The molecule has 0 spiro atoms. The molecule has 3 nitrogen and oxygen atoms in total. The molecule has 0 saturated carbocycles. The summed E-state index contributed by atoms with van der Waals surface area (Å²) in [6, 6.07) is 11.8. The molecule has 0 bridgehead atoms. The van der Waals surface area contributed by atoms with Gasteiger partial charge in [-0.2, -0.15) is 5.10 Å². The summed E-state index contributed by atoms with van der Waals surface area (Å²) in [6.07, 6.45) is 1.61. The normalized spacial score (nSPS) is 11.0. The van der Waals surface area contributed by atoms with Gasteiger partial charge in [0.25, 0.3) is 0 Å². The first-order valence-corrected chi connectivity index (χ1v) is 4.70. The highest BCUT2D eigenvalue weighted by Crippen LogP contribution is 2.21. The standard InChI is InChI=1S/C12H12N2O/c1-9-2-7-12(15-9)11-5-3-10(4-6-11)8-14-13/h2-8H,13H2,1H3. The van der Waals surface area contributed by atoms with E-state index in [1.54, 1.807) is 6.21 Å². The monoisotopic (exact) mass is 200 g/mol. The number of hydrogen-bond acceptors (Lipinski definition) is 3. The molecule has 1 aromatic carbocycles.